The van der Waals surface area contributed by atoms with Crippen molar-refractivity contribution in [2.45, 2.75) is 13.8 Å². The highest BCUT2D eigenvalue weighted by molar-refractivity contribution is 6.18. The lowest BCUT2D eigenvalue weighted by Gasteiger charge is -2.14. The van der Waals surface area contributed by atoms with Crippen molar-refractivity contribution >= 4 is 40.7 Å². The molecule has 186 valence electrons. The van der Waals surface area contributed by atoms with Crippen LogP contribution in [0, 0.1) is 0 Å². The van der Waals surface area contributed by atoms with Crippen LogP contribution >= 0.6 is 0 Å². The Morgan fingerprint density at radius 3 is 1.39 bits per heavy atom. The lowest BCUT2D eigenvalue weighted by Crippen LogP contribution is -2.21. The van der Waals surface area contributed by atoms with E-state index in [9.17, 15) is 9.59 Å². The van der Waals surface area contributed by atoms with Crippen molar-refractivity contribution < 1.29 is 9.59 Å². The minimum Gasteiger partial charge on any atom is -0.321 e. The van der Waals surface area contributed by atoms with Gasteiger partial charge in [-0.05, 0) is 49.8 Å². The number of anilines is 2. The molecule has 0 bridgehead atoms. The number of fused-ring (bicyclic) bond motifs is 3. The molecule has 0 aliphatic carbocycles. The fraction of sp³-hybridized carbons (Fsp3) is 0.0625. The molecular weight excluding hydrogens is 472 g/mol. The molecule has 38 heavy (non-hydrogen) atoms. The second kappa shape index (κ2) is 10.9. The summed E-state index contributed by atoms with van der Waals surface area (Å²) < 4.78 is 0. The molecule has 4 aromatic carbocycles. The SMILES string of the molecule is C/C1=N/C(=Cc2ccccc2)/N=C(/C)c2ccccc2NC(=O)c2ccccc2C(=O)Nc2ccccc21. The first-order valence-corrected chi connectivity index (χ1v) is 12.3. The average molecular weight is 499 g/mol. The van der Waals surface area contributed by atoms with Crippen LogP contribution in [0.25, 0.3) is 6.08 Å². The zero-order chi connectivity index (χ0) is 26.5. The Hall–Kier alpha value is -5.10. The van der Waals surface area contributed by atoms with E-state index in [1.54, 1.807) is 24.3 Å². The van der Waals surface area contributed by atoms with Crippen molar-refractivity contribution in [3.63, 3.8) is 0 Å². The molecule has 0 saturated carbocycles. The van der Waals surface area contributed by atoms with Gasteiger partial charge in [-0.1, -0.05) is 78.9 Å². The quantitative estimate of drug-likeness (QED) is 0.302. The Kier molecular flexibility index (Phi) is 7.04. The predicted molar refractivity (Wildman–Crippen MR) is 154 cm³/mol. The summed E-state index contributed by atoms with van der Waals surface area (Å²) in [5.41, 5.74) is 5.56. The van der Waals surface area contributed by atoms with Crippen LogP contribution in [0.1, 0.15) is 51.3 Å². The number of nitrogens with zero attached hydrogens (tertiary/aromatic N) is 2. The van der Waals surface area contributed by atoms with Crippen molar-refractivity contribution in [2.24, 2.45) is 9.98 Å². The number of carbonyl (C=O) groups excluding carboxylic acids is 2. The van der Waals surface area contributed by atoms with E-state index in [0.717, 1.165) is 16.7 Å². The molecule has 0 atom stereocenters. The van der Waals surface area contributed by atoms with E-state index in [1.165, 1.54) is 0 Å². The Balaban J connectivity index is 1.74. The predicted octanol–water partition coefficient (Wildman–Crippen LogP) is 6.82. The molecule has 2 amide bonds. The topological polar surface area (TPSA) is 82.9 Å². The Morgan fingerprint density at radius 1 is 0.526 bits per heavy atom. The van der Waals surface area contributed by atoms with Gasteiger partial charge in [-0.25, -0.2) is 9.98 Å². The van der Waals surface area contributed by atoms with Crippen LogP contribution in [0.15, 0.2) is 119 Å². The van der Waals surface area contributed by atoms with Gasteiger partial charge in [-0.15, -0.1) is 0 Å². The lowest BCUT2D eigenvalue weighted by atomic mass is 10.0. The molecule has 1 aliphatic rings. The number of para-hydroxylation sites is 2. The monoisotopic (exact) mass is 498 g/mol. The van der Waals surface area contributed by atoms with Gasteiger partial charge in [0.2, 0.25) is 0 Å². The van der Waals surface area contributed by atoms with Crippen LogP contribution in [-0.2, 0) is 0 Å². The van der Waals surface area contributed by atoms with E-state index in [0.29, 0.717) is 28.6 Å². The first-order valence-electron chi connectivity index (χ1n) is 12.3. The Morgan fingerprint density at radius 2 is 0.921 bits per heavy atom. The van der Waals surface area contributed by atoms with Crippen LogP contribution in [0.3, 0.4) is 0 Å². The fourth-order valence-corrected chi connectivity index (χ4v) is 4.33. The van der Waals surface area contributed by atoms with Crippen molar-refractivity contribution in [3.8, 4) is 0 Å². The van der Waals surface area contributed by atoms with Gasteiger partial charge in [-0.2, -0.15) is 0 Å². The molecule has 0 unspecified atom stereocenters. The minimum absolute atomic E-state index is 0.275. The normalized spacial score (nSPS) is 16.5. The highest BCUT2D eigenvalue weighted by Crippen LogP contribution is 2.24. The minimum atomic E-state index is -0.383. The molecule has 1 aliphatic heterocycles. The molecule has 0 spiro atoms. The zero-order valence-electron chi connectivity index (χ0n) is 21.1. The van der Waals surface area contributed by atoms with Gasteiger partial charge in [0.05, 0.1) is 22.5 Å². The Labute approximate surface area is 221 Å². The number of carbonyl (C=O) groups is 2. The van der Waals surface area contributed by atoms with Crippen LogP contribution in [-0.4, -0.2) is 23.2 Å². The first-order chi connectivity index (χ1) is 18.5. The maximum atomic E-state index is 13.4. The standard InChI is InChI=1S/C32H26N4O2/c1-21-24-14-8-10-18-28(24)35-31(37)26-16-6-7-17-27(26)32(38)36-29-19-11-9-15-25(29)22(2)34-30(33-21)20-23-12-4-3-5-13-23/h3-20H,1-2H3,(H,35,37)(H,36,38)/b33-21-,34-22-. The van der Waals surface area contributed by atoms with Crippen LogP contribution in [0.4, 0.5) is 11.4 Å². The number of rotatable bonds is 1. The van der Waals surface area contributed by atoms with Gasteiger partial charge in [0.1, 0.15) is 0 Å². The summed E-state index contributed by atoms with van der Waals surface area (Å²) in [6.45, 7) is 3.78. The van der Waals surface area contributed by atoms with Crippen molar-refractivity contribution in [1.29, 1.82) is 0 Å². The summed E-state index contributed by atoms with van der Waals surface area (Å²) in [4.78, 5) is 36.6. The highest BCUT2D eigenvalue weighted by atomic mass is 16.2. The average Bonchev–Trinajstić information content (AvgIpc) is 2.93. The van der Waals surface area contributed by atoms with Crippen molar-refractivity contribution in [1.82, 2.24) is 0 Å². The summed E-state index contributed by atoms with van der Waals surface area (Å²) in [7, 11) is 0. The summed E-state index contributed by atoms with van der Waals surface area (Å²) in [5.74, 6) is -0.273. The third-order valence-corrected chi connectivity index (χ3v) is 6.21. The molecule has 6 heteroatoms. The van der Waals surface area contributed by atoms with Gasteiger partial charge in [-0.3, -0.25) is 9.59 Å². The van der Waals surface area contributed by atoms with E-state index < -0.39 is 0 Å². The fourth-order valence-electron chi connectivity index (χ4n) is 4.33. The van der Waals surface area contributed by atoms with E-state index in [2.05, 4.69) is 10.6 Å². The van der Waals surface area contributed by atoms with E-state index in [4.69, 9.17) is 9.98 Å². The molecule has 1 heterocycles. The third-order valence-electron chi connectivity index (χ3n) is 6.21. The van der Waals surface area contributed by atoms with Crippen LogP contribution < -0.4 is 10.6 Å². The molecule has 6 nitrogen and oxygen atoms in total. The van der Waals surface area contributed by atoms with Crippen molar-refractivity contribution in [2.75, 3.05) is 10.6 Å². The molecular formula is C32H26N4O2. The number of aliphatic imine (C=N–C) groups is 2. The van der Waals surface area contributed by atoms with Gasteiger partial charge in [0.15, 0.2) is 5.82 Å². The molecule has 0 fully saturated rings. The number of benzene rings is 4. The molecule has 0 saturated heterocycles. The maximum Gasteiger partial charge on any atom is 0.256 e. The first kappa shape index (κ1) is 24.6. The van der Waals surface area contributed by atoms with Crippen molar-refractivity contribution in [3.05, 3.63) is 137 Å². The smallest absolute Gasteiger partial charge is 0.256 e. The number of nitrogens with one attached hydrogen (secondary N) is 2. The number of hydrogen-bond donors (Lipinski definition) is 2. The lowest BCUT2D eigenvalue weighted by molar-refractivity contribution is 0.0990. The van der Waals surface area contributed by atoms with Gasteiger partial charge < -0.3 is 10.6 Å². The molecule has 0 radical (unpaired) electrons. The van der Waals surface area contributed by atoms with Gasteiger partial charge >= 0.3 is 0 Å². The molecule has 0 aromatic heterocycles. The van der Waals surface area contributed by atoms with Crippen LogP contribution in [0.5, 0.6) is 0 Å². The van der Waals surface area contributed by atoms with Gasteiger partial charge in [0, 0.05) is 22.6 Å². The van der Waals surface area contributed by atoms with Crippen LogP contribution in [0.2, 0.25) is 0 Å². The zero-order valence-corrected chi connectivity index (χ0v) is 21.1. The summed E-state index contributed by atoms with van der Waals surface area (Å²) in [5, 5.41) is 5.95. The molecule has 4 aromatic rings. The second-order valence-electron chi connectivity index (χ2n) is 8.85. The van der Waals surface area contributed by atoms with E-state index >= 15 is 0 Å². The van der Waals surface area contributed by atoms with E-state index in [-0.39, 0.29) is 22.9 Å². The van der Waals surface area contributed by atoms with Gasteiger partial charge in [0.25, 0.3) is 11.8 Å². The summed E-state index contributed by atoms with van der Waals surface area (Å²) in [6, 6.07) is 31.5. The largest absolute Gasteiger partial charge is 0.321 e. The second-order valence-corrected chi connectivity index (χ2v) is 8.85. The third kappa shape index (κ3) is 5.34. The maximum absolute atomic E-state index is 13.4. The number of amides is 2. The van der Waals surface area contributed by atoms with E-state index in [1.807, 2.05) is 98.8 Å². The summed E-state index contributed by atoms with van der Waals surface area (Å²) >= 11 is 0. The summed E-state index contributed by atoms with van der Waals surface area (Å²) in [6.07, 6.45) is 1.91. The highest BCUT2D eigenvalue weighted by Gasteiger charge is 2.20. The molecule has 5 rings (SSSR count). The number of hydrogen-bond acceptors (Lipinski definition) is 4. The Bertz CT molecular complexity index is 1520. The molecule has 2 N–H and O–H groups in total.